The van der Waals surface area contributed by atoms with E-state index in [0.29, 0.717) is 59.0 Å². The minimum Gasteiger partial charge on any atom is -0.476 e. The number of unbranched alkanes of at least 4 members (excludes halogenated alkanes) is 1. The van der Waals surface area contributed by atoms with Crippen molar-refractivity contribution in [3.63, 3.8) is 0 Å². The number of likely N-dealkylation sites (N-methyl/N-ethyl adjacent to an activating group) is 1. The number of nitriles is 1. The van der Waals surface area contributed by atoms with E-state index in [2.05, 4.69) is 47.0 Å². The summed E-state index contributed by atoms with van der Waals surface area (Å²) in [5, 5.41) is 14.6. The van der Waals surface area contributed by atoms with Crippen LogP contribution in [0.5, 0.6) is 5.88 Å². The van der Waals surface area contributed by atoms with E-state index in [1.54, 1.807) is 12.1 Å². The van der Waals surface area contributed by atoms with E-state index in [1.165, 1.54) is 0 Å². The van der Waals surface area contributed by atoms with Gasteiger partial charge in [0.15, 0.2) is 17.3 Å². The highest BCUT2D eigenvalue weighted by molar-refractivity contribution is 6.29. The number of benzene rings is 1. The van der Waals surface area contributed by atoms with Gasteiger partial charge in [0, 0.05) is 23.2 Å². The lowest BCUT2D eigenvalue weighted by atomic mass is 9.91. The maximum atomic E-state index is 9.93. The minimum absolute atomic E-state index is 0.272. The Morgan fingerprint density at radius 1 is 1.25 bits per heavy atom. The van der Waals surface area contributed by atoms with Crippen LogP contribution in [0, 0.1) is 11.3 Å². The van der Waals surface area contributed by atoms with Crippen LogP contribution >= 0.6 is 11.6 Å². The molecule has 0 spiro atoms. The van der Waals surface area contributed by atoms with Gasteiger partial charge in [-0.25, -0.2) is 4.98 Å². The number of nitrogen functional groups attached to an aromatic ring is 1. The van der Waals surface area contributed by atoms with Crippen molar-refractivity contribution < 1.29 is 9.26 Å². The van der Waals surface area contributed by atoms with Crippen molar-refractivity contribution in [2.45, 2.75) is 64.8 Å². The third kappa shape index (κ3) is 5.48. The fourth-order valence-corrected chi connectivity index (χ4v) is 4.91. The number of ether oxygens (including phenoxy) is 1. The first kappa shape index (κ1) is 25.9. The number of aryl methyl sites for hydroxylation is 1. The molecule has 0 aliphatic carbocycles. The van der Waals surface area contributed by atoms with E-state index in [-0.39, 0.29) is 5.15 Å². The van der Waals surface area contributed by atoms with E-state index in [1.807, 2.05) is 6.07 Å². The van der Waals surface area contributed by atoms with Gasteiger partial charge in [-0.3, -0.25) is 0 Å². The van der Waals surface area contributed by atoms with Crippen molar-refractivity contribution in [1.29, 1.82) is 5.26 Å². The summed E-state index contributed by atoms with van der Waals surface area (Å²) in [6, 6.07) is 7.99. The van der Waals surface area contributed by atoms with E-state index in [0.717, 1.165) is 56.2 Å². The van der Waals surface area contributed by atoms with Crippen molar-refractivity contribution in [1.82, 2.24) is 20.0 Å². The highest BCUT2D eigenvalue weighted by Crippen LogP contribution is 2.39. The Labute approximate surface area is 217 Å². The fourth-order valence-electron chi connectivity index (χ4n) is 4.73. The number of likely N-dealkylation sites (tertiary alicyclic amines) is 1. The topological polar surface area (TPSA) is 114 Å². The minimum atomic E-state index is 0.272. The Morgan fingerprint density at radius 2 is 2.08 bits per heavy atom. The molecule has 3 heterocycles. The van der Waals surface area contributed by atoms with Crippen LogP contribution in [0.1, 0.15) is 62.6 Å². The number of hydrogen-bond donors (Lipinski definition) is 1. The van der Waals surface area contributed by atoms with Crippen molar-refractivity contribution >= 4 is 17.3 Å². The lowest BCUT2D eigenvalue weighted by Gasteiger charge is -2.19. The van der Waals surface area contributed by atoms with E-state index in [4.69, 9.17) is 26.6 Å². The Morgan fingerprint density at radius 3 is 2.78 bits per heavy atom. The summed E-state index contributed by atoms with van der Waals surface area (Å²) in [5.74, 6) is 1.30. The number of aromatic nitrogens is 3. The highest BCUT2D eigenvalue weighted by Gasteiger charge is 2.27. The molecule has 0 amide bonds. The average Bonchev–Trinajstić information content (AvgIpc) is 3.47. The molecule has 1 saturated heterocycles. The molecule has 36 heavy (non-hydrogen) atoms. The summed E-state index contributed by atoms with van der Waals surface area (Å²) in [7, 11) is 2.11. The molecule has 3 aromatic rings. The summed E-state index contributed by atoms with van der Waals surface area (Å²) in [6.45, 7) is 5.82. The second kappa shape index (κ2) is 11.7. The molecule has 1 aliphatic rings. The molecule has 0 saturated carbocycles. The predicted octanol–water partition coefficient (Wildman–Crippen LogP) is 5.67. The largest absolute Gasteiger partial charge is 0.476 e. The highest BCUT2D eigenvalue weighted by atomic mass is 35.5. The molecule has 1 unspecified atom stereocenters. The average molecular weight is 509 g/mol. The summed E-state index contributed by atoms with van der Waals surface area (Å²) < 4.78 is 11.9. The zero-order chi connectivity index (χ0) is 25.7. The van der Waals surface area contributed by atoms with Gasteiger partial charge in [0.2, 0.25) is 5.88 Å². The van der Waals surface area contributed by atoms with Crippen LogP contribution in [0.4, 0.5) is 5.69 Å². The molecule has 1 atom stereocenters. The Kier molecular flexibility index (Phi) is 8.44. The fraction of sp³-hybridized carbons (Fsp3) is 0.481. The zero-order valence-electron chi connectivity index (χ0n) is 21.2. The molecule has 1 fully saturated rings. The van der Waals surface area contributed by atoms with E-state index < -0.39 is 0 Å². The molecule has 2 N–H and O–H groups in total. The third-order valence-corrected chi connectivity index (χ3v) is 6.92. The van der Waals surface area contributed by atoms with Crippen LogP contribution in [0.25, 0.3) is 22.8 Å². The molecule has 2 aromatic heterocycles. The molecule has 190 valence electrons. The summed E-state index contributed by atoms with van der Waals surface area (Å²) in [5.41, 5.74) is 10.1. The molecule has 1 aromatic carbocycles. The van der Waals surface area contributed by atoms with Gasteiger partial charge in [0.25, 0.3) is 0 Å². The summed E-state index contributed by atoms with van der Waals surface area (Å²) in [6.07, 6.45) is 6.54. The molecule has 0 bridgehead atoms. The SMILES string of the molecule is CCCCc1c(-c2nc(Cl)cc(OCC3CCCN3C)n2)noc1-c1c(CCC)ccc(N)c1C#N. The van der Waals surface area contributed by atoms with Gasteiger partial charge < -0.3 is 19.9 Å². The third-order valence-electron chi connectivity index (χ3n) is 6.73. The van der Waals surface area contributed by atoms with Gasteiger partial charge in [-0.15, -0.1) is 0 Å². The zero-order valence-corrected chi connectivity index (χ0v) is 21.9. The van der Waals surface area contributed by atoms with Crippen molar-refractivity contribution in [3.8, 4) is 34.8 Å². The smallest absolute Gasteiger partial charge is 0.218 e. The number of hydrogen-bond acceptors (Lipinski definition) is 8. The molecule has 4 rings (SSSR count). The van der Waals surface area contributed by atoms with Gasteiger partial charge in [-0.05, 0) is 57.3 Å². The quantitative estimate of drug-likeness (QED) is 0.275. The first-order chi connectivity index (χ1) is 17.5. The maximum Gasteiger partial charge on any atom is 0.218 e. The van der Waals surface area contributed by atoms with Crippen LogP contribution in [-0.4, -0.2) is 46.3 Å². The van der Waals surface area contributed by atoms with Crippen LogP contribution in [-0.2, 0) is 12.8 Å². The maximum absolute atomic E-state index is 9.93. The van der Waals surface area contributed by atoms with Crippen molar-refractivity contribution in [2.75, 3.05) is 25.9 Å². The van der Waals surface area contributed by atoms with Gasteiger partial charge in [0.05, 0.1) is 11.3 Å². The van der Waals surface area contributed by atoms with E-state index >= 15 is 0 Å². The number of nitrogens with two attached hydrogens (primary N) is 1. The molecule has 9 heteroatoms. The first-order valence-corrected chi connectivity index (χ1v) is 13.0. The van der Waals surface area contributed by atoms with Crippen LogP contribution in [0.15, 0.2) is 22.7 Å². The van der Waals surface area contributed by atoms with Crippen molar-refractivity contribution in [2.24, 2.45) is 0 Å². The lowest BCUT2D eigenvalue weighted by molar-refractivity contribution is 0.193. The Balaban J connectivity index is 1.77. The van der Waals surface area contributed by atoms with Gasteiger partial charge in [-0.1, -0.05) is 49.5 Å². The molecule has 1 aliphatic heterocycles. The normalized spacial score (nSPS) is 15.8. The van der Waals surface area contributed by atoms with Crippen molar-refractivity contribution in [3.05, 3.63) is 40.0 Å². The predicted molar refractivity (Wildman–Crippen MR) is 141 cm³/mol. The number of rotatable bonds is 10. The number of nitrogens with zero attached hydrogens (tertiary/aromatic N) is 5. The standard InChI is InChI=1S/C27H33ClN6O2/c1-4-6-10-19-25(27-31-22(28)14-23(32-27)35-16-18-9-7-13-34(18)3)33-36-26(19)24-17(8-5-2)11-12-21(30)20(24)15-29/h11-12,14,18H,4-10,13,16,30H2,1-3H3. The monoisotopic (exact) mass is 508 g/mol. The van der Waals surface area contributed by atoms with Crippen LogP contribution in [0.2, 0.25) is 5.15 Å². The Hall–Kier alpha value is -3.15. The Bertz CT molecular complexity index is 1250. The van der Waals surface area contributed by atoms with Gasteiger partial charge in [0.1, 0.15) is 17.8 Å². The molecular formula is C27H33ClN6O2. The van der Waals surface area contributed by atoms with Gasteiger partial charge >= 0.3 is 0 Å². The second-order valence-corrected chi connectivity index (χ2v) is 9.70. The summed E-state index contributed by atoms with van der Waals surface area (Å²) >= 11 is 6.38. The number of anilines is 1. The van der Waals surface area contributed by atoms with Crippen LogP contribution in [0.3, 0.4) is 0 Å². The summed E-state index contributed by atoms with van der Waals surface area (Å²) in [4.78, 5) is 11.4. The second-order valence-electron chi connectivity index (χ2n) is 9.31. The van der Waals surface area contributed by atoms with E-state index in [9.17, 15) is 5.26 Å². The first-order valence-electron chi connectivity index (χ1n) is 12.6. The lowest BCUT2D eigenvalue weighted by Crippen LogP contribution is -2.30. The van der Waals surface area contributed by atoms with Crippen LogP contribution < -0.4 is 10.5 Å². The molecule has 8 nitrogen and oxygen atoms in total. The molecule has 0 radical (unpaired) electrons. The van der Waals surface area contributed by atoms with Gasteiger partial charge in [-0.2, -0.15) is 10.2 Å². The molecular weight excluding hydrogens is 476 g/mol. The number of halogens is 1.